The average Bonchev–Trinajstić information content (AvgIpc) is 2.21. The number of benzene rings is 1. The molecule has 1 aromatic carbocycles. The topological polar surface area (TPSA) is 95.1 Å². The maximum atomic E-state index is 9.97. The van der Waals surface area contributed by atoms with E-state index in [1.54, 1.807) is 0 Å². The van der Waals surface area contributed by atoms with Crippen LogP contribution in [0.3, 0.4) is 0 Å². The number of isocyanates is 2. The van der Waals surface area contributed by atoms with E-state index in [1.165, 1.54) is 30.4 Å². The monoisotopic (exact) mass is 188 g/mol. The normalized spacial score (nSPS) is 8.29. The molecule has 6 nitrogen and oxygen atoms in total. The van der Waals surface area contributed by atoms with Gasteiger partial charge >= 0.3 is 0 Å². The molecule has 0 saturated carbocycles. The van der Waals surface area contributed by atoms with E-state index in [-0.39, 0.29) is 11.4 Å². The maximum Gasteiger partial charge on any atom is 0.240 e. The molecule has 0 aliphatic carbocycles. The Bertz CT molecular complexity index is 456. The van der Waals surface area contributed by atoms with Crippen LogP contribution >= 0.6 is 0 Å². The largest absolute Gasteiger partial charge is 0.240 e. The van der Waals surface area contributed by atoms with Crippen LogP contribution in [-0.2, 0) is 9.59 Å². The van der Waals surface area contributed by atoms with E-state index >= 15 is 0 Å². The van der Waals surface area contributed by atoms with E-state index in [1.807, 2.05) is 0 Å². The van der Waals surface area contributed by atoms with E-state index in [0.717, 1.165) is 0 Å². The van der Waals surface area contributed by atoms with Gasteiger partial charge in [-0.2, -0.15) is 15.1 Å². The third kappa shape index (κ3) is 2.04. The summed E-state index contributed by atoms with van der Waals surface area (Å²) < 4.78 is 0. The molecule has 0 aromatic heterocycles. The van der Waals surface area contributed by atoms with Crippen LogP contribution in [0.5, 0.6) is 0 Å². The van der Waals surface area contributed by atoms with Gasteiger partial charge in [-0.25, -0.2) is 15.1 Å². The average molecular weight is 188 g/mol. The minimum absolute atomic E-state index is 0.143. The van der Waals surface area contributed by atoms with Crippen LogP contribution in [0.25, 0.3) is 0 Å². The van der Waals surface area contributed by atoms with Crippen LogP contribution in [0.2, 0.25) is 0 Å². The molecule has 0 radical (unpaired) electrons. The molecule has 6 heteroatoms. The Balaban J connectivity index is 3.30. The Kier molecular flexibility index (Phi) is 3.15. The minimum Gasteiger partial charge on any atom is -0.211 e. The number of aliphatic imine (C=N–C) groups is 2. The lowest BCUT2D eigenvalue weighted by Gasteiger charge is -1.96. The van der Waals surface area contributed by atoms with Crippen molar-refractivity contribution in [2.75, 3.05) is 0 Å². The first-order valence-electron chi connectivity index (χ1n) is 3.49. The van der Waals surface area contributed by atoms with Gasteiger partial charge in [-0.15, -0.1) is 0 Å². The van der Waals surface area contributed by atoms with Crippen molar-refractivity contribution in [1.29, 1.82) is 5.53 Å². The van der Waals surface area contributed by atoms with Crippen molar-refractivity contribution in [3.63, 3.8) is 0 Å². The second kappa shape index (κ2) is 4.57. The Morgan fingerprint density at radius 2 is 1.79 bits per heavy atom. The molecule has 68 valence electrons. The molecular weight excluding hydrogens is 184 g/mol. The number of hydrogen-bond donors (Lipinski definition) is 1. The van der Waals surface area contributed by atoms with E-state index in [4.69, 9.17) is 5.53 Å². The Labute approximate surface area is 78.5 Å². The molecule has 0 spiro atoms. The molecule has 0 bridgehead atoms. The lowest BCUT2D eigenvalue weighted by molar-refractivity contribution is 0.564. The molecule has 0 heterocycles. The second-order valence-corrected chi connectivity index (χ2v) is 2.19. The van der Waals surface area contributed by atoms with Crippen LogP contribution in [0, 0.1) is 5.53 Å². The first kappa shape index (κ1) is 9.67. The van der Waals surface area contributed by atoms with Crippen molar-refractivity contribution in [1.82, 2.24) is 0 Å². The summed E-state index contributed by atoms with van der Waals surface area (Å²) in [5.74, 6) is 0. The van der Waals surface area contributed by atoms with Crippen LogP contribution in [-0.4, -0.2) is 12.2 Å². The number of carbonyl (C=O) groups excluding carboxylic acids is 2. The summed E-state index contributed by atoms with van der Waals surface area (Å²) in [6.07, 6.45) is 2.68. The van der Waals surface area contributed by atoms with Gasteiger partial charge in [0.1, 0.15) is 11.4 Å². The number of nitrogens with one attached hydrogen (secondary N) is 1. The molecule has 0 aliphatic heterocycles. The van der Waals surface area contributed by atoms with Crippen LogP contribution < -0.4 is 0 Å². The predicted octanol–water partition coefficient (Wildman–Crippen LogP) is 2.28. The Morgan fingerprint density at radius 3 is 2.36 bits per heavy atom. The Morgan fingerprint density at radius 1 is 1.07 bits per heavy atom. The first-order chi connectivity index (χ1) is 6.81. The molecule has 0 atom stereocenters. The predicted molar refractivity (Wildman–Crippen MR) is 46.8 cm³/mol. The van der Waals surface area contributed by atoms with Gasteiger partial charge in [0.25, 0.3) is 0 Å². The molecule has 0 amide bonds. The van der Waals surface area contributed by atoms with Crippen molar-refractivity contribution >= 4 is 29.2 Å². The Hall–Kier alpha value is -2.42. The van der Waals surface area contributed by atoms with Gasteiger partial charge in [0, 0.05) is 0 Å². The summed E-state index contributed by atoms with van der Waals surface area (Å²) in [7, 11) is 0. The summed E-state index contributed by atoms with van der Waals surface area (Å²) in [6, 6.07) is 4.21. The molecule has 1 N–H and O–H groups in total. The standard InChI is InChI=1S/C8H4N4O2/c9-12-8-3-6(10-4-13)1-2-7(8)11-5-14/h1-3,9H. The SMILES string of the molecule is N=Nc1cc(N=C=O)ccc1N=C=O. The zero-order chi connectivity index (χ0) is 10.4. The van der Waals surface area contributed by atoms with Crippen molar-refractivity contribution < 1.29 is 9.59 Å². The first-order valence-corrected chi connectivity index (χ1v) is 3.49. The van der Waals surface area contributed by atoms with Crippen LogP contribution in [0.4, 0.5) is 17.1 Å². The fraction of sp³-hybridized carbons (Fsp3) is 0. The molecule has 0 fully saturated rings. The number of hydrogen-bond acceptors (Lipinski definition) is 6. The quantitative estimate of drug-likeness (QED) is 0.447. The molecule has 0 saturated heterocycles. The summed E-state index contributed by atoms with van der Waals surface area (Å²) in [5, 5.41) is 3.12. The smallest absolute Gasteiger partial charge is 0.211 e. The highest BCUT2D eigenvalue weighted by Gasteiger charge is 2.01. The van der Waals surface area contributed by atoms with Gasteiger partial charge in [0.2, 0.25) is 12.2 Å². The van der Waals surface area contributed by atoms with Crippen LogP contribution in [0.1, 0.15) is 0 Å². The summed E-state index contributed by atoms with van der Waals surface area (Å²) in [5.41, 5.74) is 7.44. The third-order valence-corrected chi connectivity index (χ3v) is 1.42. The van der Waals surface area contributed by atoms with Crippen LogP contribution in [0.15, 0.2) is 33.3 Å². The molecule has 0 unspecified atom stereocenters. The van der Waals surface area contributed by atoms with Gasteiger partial charge in [-0.05, 0) is 18.2 Å². The van der Waals surface area contributed by atoms with E-state index in [0.29, 0.717) is 5.69 Å². The fourth-order valence-corrected chi connectivity index (χ4v) is 0.867. The van der Waals surface area contributed by atoms with Gasteiger partial charge in [-0.1, -0.05) is 0 Å². The van der Waals surface area contributed by atoms with Crippen molar-refractivity contribution in [2.24, 2.45) is 15.1 Å². The van der Waals surface area contributed by atoms with Crippen molar-refractivity contribution in [3.8, 4) is 0 Å². The fourth-order valence-electron chi connectivity index (χ4n) is 0.867. The number of nitrogens with zero attached hydrogens (tertiary/aromatic N) is 3. The molecule has 14 heavy (non-hydrogen) atoms. The summed E-state index contributed by atoms with van der Waals surface area (Å²) in [4.78, 5) is 26.5. The lowest BCUT2D eigenvalue weighted by Crippen LogP contribution is -1.68. The summed E-state index contributed by atoms with van der Waals surface area (Å²) >= 11 is 0. The minimum atomic E-state index is 0.143. The lowest BCUT2D eigenvalue weighted by atomic mass is 10.2. The second-order valence-electron chi connectivity index (χ2n) is 2.19. The van der Waals surface area contributed by atoms with E-state index in [2.05, 4.69) is 15.1 Å². The number of rotatable bonds is 3. The van der Waals surface area contributed by atoms with E-state index < -0.39 is 0 Å². The zero-order valence-electron chi connectivity index (χ0n) is 6.89. The van der Waals surface area contributed by atoms with Gasteiger partial charge < -0.3 is 0 Å². The maximum absolute atomic E-state index is 9.97. The zero-order valence-corrected chi connectivity index (χ0v) is 6.89. The van der Waals surface area contributed by atoms with Gasteiger partial charge in [0.05, 0.1) is 5.69 Å². The molecular formula is C8H4N4O2. The highest BCUT2D eigenvalue weighted by molar-refractivity contribution is 5.70. The van der Waals surface area contributed by atoms with E-state index in [9.17, 15) is 9.59 Å². The summed E-state index contributed by atoms with van der Waals surface area (Å²) in [6.45, 7) is 0. The highest BCUT2D eigenvalue weighted by Crippen LogP contribution is 2.31. The molecule has 0 aliphatic rings. The molecule has 1 rings (SSSR count). The van der Waals surface area contributed by atoms with Crippen molar-refractivity contribution in [2.45, 2.75) is 0 Å². The van der Waals surface area contributed by atoms with Gasteiger partial charge in [0.15, 0.2) is 0 Å². The van der Waals surface area contributed by atoms with Gasteiger partial charge in [-0.3, -0.25) is 0 Å². The third-order valence-electron chi connectivity index (χ3n) is 1.42. The molecule has 1 aromatic rings. The highest BCUT2D eigenvalue weighted by atomic mass is 16.1. The van der Waals surface area contributed by atoms with Crippen molar-refractivity contribution in [3.05, 3.63) is 18.2 Å².